The lowest BCUT2D eigenvalue weighted by Crippen LogP contribution is -2.37. The molecule has 5 nitrogen and oxygen atoms in total. The van der Waals surface area contributed by atoms with Gasteiger partial charge in [0.1, 0.15) is 0 Å². The summed E-state index contributed by atoms with van der Waals surface area (Å²) in [7, 11) is 0. The first-order valence-corrected chi connectivity index (χ1v) is 8.76. The fraction of sp³-hybridized carbons (Fsp3) is 0.579. The van der Waals surface area contributed by atoms with Crippen molar-refractivity contribution in [2.24, 2.45) is 5.41 Å². The van der Waals surface area contributed by atoms with E-state index < -0.39 is 0 Å². The van der Waals surface area contributed by atoms with Crippen molar-refractivity contribution < 1.29 is 14.7 Å². The van der Waals surface area contributed by atoms with Gasteiger partial charge in [0.25, 0.3) is 5.91 Å². The number of rotatable bonds is 7. The minimum Gasteiger partial charge on any atom is -0.396 e. The van der Waals surface area contributed by atoms with Crippen LogP contribution in [0.3, 0.4) is 0 Å². The Morgan fingerprint density at radius 2 is 2.00 bits per heavy atom. The van der Waals surface area contributed by atoms with Crippen LogP contribution in [0.5, 0.6) is 0 Å². The molecule has 2 rings (SSSR count). The van der Waals surface area contributed by atoms with E-state index >= 15 is 0 Å². The summed E-state index contributed by atoms with van der Waals surface area (Å²) in [6, 6.07) is 5.53. The molecule has 0 spiro atoms. The van der Waals surface area contributed by atoms with Crippen molar-refractivity contribution in [3.8, 4) is 0 Å². The van der Waals surface area contributed by atoms with Crippen LogP contribution in [0, 0.1) is 5.41 Å². The van der Waals surface area contributed by atoms with Crippen molar-refractivity contribution >= 4 is 17.5 Å². The van der Waals surface area contributed by atoms with Gasteiger partial charge in [-0.25, -0.2) is 0 Å². The summed E-state index contributed by atoms with van der Waals surface area (Å²) >= 11 is 0. The SMILES string of the molecule is CCC(CC)(CCO)CNC(=O)c1ccc2c(c1)CCN2C(C)=O. The molecule has 132 valence electrons. The Morgan fingerprint density at radius 1 is 1.29 bits per heavy atom. The minimum absolute atomic E-state index is 0.0330. The zero-order valence-electron chi connectivity index (χ0n) is 14.9. The van der Waals surface area contributed by atoms with E-state index in [2.05, 4.69) is 19.2 Å². The Balaban J connectivity index is 2.07. The molecule has 1 aliphatic heterocycles. The lowest BCUT2D eigenvalue weighted by molar-refractivity contribution is -0.116. The summed E-state index contributed by atoms with van der Waals surface area (Å²) in [6.45, 7) is 7.13. The normalized spacial score (nSPS) is 13.8. The van der Waals surface area contributed by atoms with Crippen LogP contribution in [-0.4, -0.2) is 36.6 Å². The van der Waals surface area contributed by atoms with Gasteiger partial charge < -0.3 is 15.3 Å². The van der Waals surface area contributed by atoms with Gasteiger partial charge >= 0.3 is 0 Å². The highest BCUT2D eigenvalue weighted by atomic mass is 16.3. The molecule has 0 unspecified atom stereocenters. The molecule has 1 aromatic rings. The summed E-state index contributed by atoms with van der Waals surface area (Å²) in [6.07, 6.45) is 3.32. The van der Waals surface area contributed by atoms with E-state index in [1.165, 1.54) is 0 Å². The average Bonchev–Trinajstić information content (AvgIpc) is 3.01. The lowest BCUT2D eigenvalue weighted by atomic mass is 9.79. The second-order valence-electron chi connectivity index (χ2n) is 6.63. The van der Waals surface area contributed by atoms with Gasteiger partial charge in [-0.2, -0.15) is 0 Å². The number of amides is 2. The second kappa shape index (κ2) is 7.79. The van der Waals surface area contributed by atoms with Gasteiger partial charge in [-0.15, -0.1) is 0 Å². The molecule has 0 bridgehead atoms. The second-order valence-corrected chi connectivity index (χ2v) is 6.63. The lowest BCUT2D eigenvalue weighted by Gasteiger charge is -2.31. The number of nitrogens with zero attached hydrogens (tertiary/aromatic N) is 1. The van der Waals surface area contributed by atoms with E-state index in [1.54, 1.807) is 17.9 Å². The van der Waals surface area contributed by atoms with Crippen LogP contribution < -0.4 is 10.2 Å². The first kappa shape index (κ1) is 18.5. The Morgan fingerprint density at radius 3 is 2.58 bits per heavy atom. The summed E-state index contributed by atoms with van der Waals surface area (Å²) in [5, 5.41) is 12.3. The number of carbonyl (C=O) groups excluding carboxylic acids is 2. The quantitative estimate of drug-likeness (QED) is 0.806. The third-order valence-corrected chi connectivity index (χ3v) is 5.38. The van der Waals surface area contributed by atoms with Crippen LogP contribution in [0.25, 0.3) is 0 Å². The molecule has 2 N–H and O–H groups in total. The fourth-order valence-corrected chi connectivity index (χ4v) is 3.42. The highest BCUT2D eigenvalue weighted by Crippen LogP contribution is 2.30. The molecule has 1 heterocycles. The van der Waals surface area contributed by atoms with Gasteiger partial charge in [0.05, 0.1) is 0 Å². The van der Waals surface area contributed by atoms with Crippen molar-refractivity contribution in [1.82, 2.24) is 5.32 Å². The van der Waals surface area contributed by atoms with E-state index in [4.69, 9.17) is 0 Å². The van der Waals surface area contributed by atoms with Crippen molar-refractivity contribution in [2.75, 3.05) is 24.6 Å². The highest BCUT2D eigenvalue weighted by Gasteiger charge is 2.27. The number of anilines is 1. The van der Waals surface area contributed by atoms with Crippen molar-refractivity contribution in [3.63, 3.8) is 0 Å². The molecule has 0 atom stereocenters. The van der Waals surface area contributed by atoms with E-state index in [0.29, 0.717) is 25.1 Å². The monoisotopic (exact) mass is 332 g/mol. The smallest absolute Gasteiger partial charge is 0.251 e. The van der Waals surface area contributed by atoms with Gasteiger partial charge in [-0.3, -0.25) is 9.59 Å². The van der Waals surface area contributed by atoms with Gasteiger partial charge in [0, 0.05) is 37.9 Å². The Hall–Kier alpha value is -1.88. The predicted molar refractivity (Wildman–Crippen MR) is 95.2 cm³/mol. The number of benzene rings is 1. The summed E-state index contributed by atoms with van der Waals surface area (Å²) < 4.78 is 0. The summed E-state index contributed by atoms with van der Waals surface area (Å²) in [5.41, 5.74) is 2.54. The minimum atomic E-state index is -0.0942. The van der Waals surface area contributed by atoms with Gasteiger partial charge in [0.15, 0.2) is 0 Å². The van der Waals surface area contributed by atoms with Crippen molar-refractivity contribution in [3.05, 3.63) is 29.3 Å². The van der Waals surface area contributed by atoms with Crippen LogP contribution in [0.15, 0.2) is 18.2 Å². The third kappa shape index (κ3) is 3.78. The van der Waals surface area contributed by atoms with Crippen LogP contribution in [0.1, 0.15) is 56.0 Å². The van der Waals surface area contributed by atoms with Crippen LogP contribution >= 0.6 is 0 Å². The number of nitrogens with one attached hydrogen (secondary N) is 1. The van der Waals surface area contributed by atoms with E-state index in [9.17, 15) is 14.7 Å². The zero-order chi connectivity index (χ0) is 17.7. The molecule has 0 saturated carbocycles. The van der Waals surface area contributed by atoms with E-state index in [1.807, 2.05) is 12.1 Å². The van der Waals surface area contributed by atoms with Gasteiger partial charge in [0.2, 0.25) is 5.91 Å². The maximum atomic E-state index is 12.5. The maximum Gasteiger partial charge on any atom is 0.251 e. The molecule has 1 aromatic carbocycles. The molecular formula is C19H28N2O3. The fourth-order valence-electron chi connectivity index (χ4n) is 3.42. The summed E-state index contributed by atoms with van der Waals surface area (Å²) in [4.78, 5) is 25.8. The maximum absolute atomic E-state index is 12.5. The molecule has 2 amide bonds. The molecule has 0 aliphatic carbocycles. The number of hydrogen-bond acceptors (Lipinski definition) is 3. The highest BCUT2D eigenvalue weighted by molar-refractivity contribution is 5.97. The number of carbonyl (C=O) groups is 2. The Kier molecular flexibility index (Phi) is 5.99. The largest absolute Gasteiger partial charge is 0.396 e. The number of fused-ring (bicyclic) bond motifs is 1. The van der Waals surface area contributed by atoms with Crippen LogP contribution in [0.4, 0.5) is 5.69 Å². The van der Waals surface area contributed by atoms with Crippen LogP contribution in [-0.2, 0) is 11.2 Å². The molecule has 0 radical (unpaired) electrons. The molecule has 0 fully saturated rings. The molecule has 0 saturated heterocycles. The van der Waals surface area contributed by atoms with Crippen LogP contribution in [0.2, 0.25) is 0 Å². The first-order chi connectivity index (χ1) is 11.5. The first-order valence-electron chi connectivity index (χ1n) is 8.76. The molecule has 1 aliphatic rings. The molecule has 5 heteroatoms. The van der Waals surface area contributed by atoms with E-state index in [0.717, 1.165) is 30.5 Å². The van der Waals surface area contributed by atoms with Crippen molar-refractivity contribution in [1.29, 1.82) is 0 Å². The number of hydrogen-bond donors (Lipinski definition) is 2. The van der Waals surface area contributed by atoms with Gasteiger partial charge in [-0.1, -0.05) is 13.8 Å². The average molecular weight is 332 g/mol. The molecule has 0 aromatic heterocycles. The van der Waals surface area contributed by atoms with E-state index in [-0.39, 0.29) is 23.8 Å². The Labute approximate surface area is 144 Å². The molecule has 24 heavy (non-hydrogen) atoms. The number of aliphatic hydroxyl groups is 1. The standard InChI is InChI=1S/C19H28N2O3/c1-4-19(5-2,9-11-22)13-20-18(24)16-6-7-17-15(12-16)8-10-21(17)14(3)23/h6-7,12,22H,4-5,8-11,13H2,1-3H3,(H,20,24). The zero-order valence-corrected chi connectivity index (χ0v) is 14.9. The Bertz CT molecular complexity index is 609. The molecular weight excluding hydrogens is 304 g/mol. The summed E-state index contributed by atoms with van der Waals surface area (Å²) in [5.74, 6) is -0.0612. The van der Waals surface area contributed by atoms with Gasteiger partial charge in [-0.05, 0) is 54.9 Å². The third-order valence-electron chi connectivity index (χ3n) is 5.38. The predicted octanol–water partition coefficient (Wildman–Crippen LogP) is 2.51. The number of aliphatic hydroxyl groups excluding tert-OH is 1. The van der Waals surface area contributed by atoms with Crippen molar-refractivity contribution in [2.45, 2.75) is 46.5 Å². The topological polar surface area (TPSA) is 69.6 Å².